The van der Waals surface area contributed by atoms with Crippen LogP contribution in [0.2, 0.25) is 5.02 Å². The second-order valence-electron chi connectivity index (χ2n) is 8.12. The largest absolute Gasteiger partial charge is 0.334 e. The van der Waals surface area contributed by atoms with Gasteiger partial charge in [-0.05, 0) is 56.2 Å². The van der Waals surface area contributed by atoms with Gasteiger partial charge in [-0.25, -0.2) is 4.79 Å². The molecular formula is C21H27ClN4OS. The smallest absolute Gasteiger partial charge is 0.317 e. The van der Waals surface area contributed by atoms with Gasteiger partial charge in [-0.15, -0.1) is 21.5 Å². The molecule has 1 heterocycles. The molecule has 5 nitrogen and oxygen atoms in total. The first-order valence-corrected chi connectivity index (χ1v) is 11.3. The molecule has 2 saturated carbocycles. The third-order valence-corrected chi connectivity index (χ3v) is 7.59. The number of benzene rings is 1. The average molecular weight is 419 g/mol. The van der Waals surface area contributed by atoms with Crippen LogP contribution in [0.3, 0.4) is 0 Å². The third-order valence-electron chi connectivity index (χ3n) is 5.91. The van der Waals surface area contributed by atoms with Crippen LogP contribution in [0.25, 0.3) is 0 Å². The van der Waals surface area contributed by atoms with E-state index in [0.717, 1.165) is 46.8 Å². The molecule has 2 amide bonds. The summed E-state index contributed by atoms with van der Waals surface area (Å²) < 4.78 is 0. The van der Waals surface area contributed by atoms with E-state index in [4.69, 9.17) is 11.6 Å². The predicted octanol–water partition coefficient (Wildman–Crippen LogP) is 5.25. The van der Waals surface area contributed by atoms with Crippen molar-refractivity contribution in [2.45, 2.75) is 69.9 Å². The van der Waals surface area contributed by atoms with Crippen LogP contribution >= 0.6 is 22.9 Å². The molecule has 1 aromatic heterocycles. The number of carbonyl (C=O) groups excluding carboxylic acids is 1. The second-order valence-corrected chi connectivity index (χ2v) is 9.57. The Bertz CT molecular complexity index is 851. The highest BCUT2D eigenvalue weighted by Crippen LogP contribution is 2.44. The molecule has 7 heteroatoms. The summed E-state index contributed by atoms with van der Waals surface area (Å²) in [6.07, 6.45) is 6.82. The molecule has 28 heavy (non-hydrogen) atoms. The first kappa shape index (κ1) is 19.6. The molecule has 4 rings (SSSR count). The number of hydrogen-bond donors (Lipinski definition) is 1. The van der Waals surface area contributed by atoms with Crippen molar-refractivity contribution in [1.29, 1.82) is 0 Å². The van der Waals surface area contributed by atoms with Gasteiger partial charge in [-0.3, -0.25) is 0 Å². The zero-order valence-corrected chi connectivity index (χ0v) is 18.0. The van der Waals surface area contributed by atoms with Gasteiger partial charge in [0.1, 0.15) is 10.0 Å². The SMILES string of the molecule is Cc1cc(CNC(=O)N(C)[C@@H]2CCCC(c3nnc(C4CC4)s3)C2)ccc1Cl. The van der Waals surface area contributed by atoms with Crippen LogP contribution in [-0.4, -0.2) is 34.2 Å². The monoisotopic (exact) mass is 418 g/mol. The molecule has 1 N–H and O–H groups in total. The lowest BCUT2D eigenvalue weighted by Crippen LogP contribution is -2.45. The molecule has 0 aliphatic heterocycles. The van der Waals surface area contributed by atoms with Crippen LogP contribution in [0.4, 0.5) is 4.79 Å². The molecule has 0 radical (unpaired) electrons. The van der Waals surface area contributed by atoms with Crippen molar-refractivity contribution >= 4 is 29.0 Å². The third kappa shape index (κ3) is 4.49. The molecule has 0 saturated heterocycles. The fourth-order valence-electron chi connectivity index (χ4n) is 3.93. The lowest BCUT2D eigenvalue weighted by Gasteiger charge is -2.34. The number of halogens is 1. The summed E-state index contributed by atoms with van der Waals surface area (Å²) in [5.74, 6) is 1.09. The zero-order valence-electron chi connectivity index (χ0n) is 16.4. The van der Waals surface area contributed by atoms with E-state index in [9.17, 15) is 4.79 Å². The Labute approximate surface area is 175 Å². The van der Waals surface area contributed by atoms with Crippen molar-refractivity contribution in [2.24, 2.45) is 0 Å². The number of nitrogens with one attached hydrogen (secondary N) is 1. The van der Waals surface area contributed by atoms with E-state index in [-0.39, 0.29) is 12.1 Å². The van der Waals surface area contributed by atoms with Gasteiger partial charge in [0, 0.05) is 36.5 Å². The molecule has 1 unspecified atom stereocenters. The Morgan fingerprint density at radius 2 is 1.96 bits per heavy atom. The van der Waals surface area contributed by atoms with E-state index in [1.807, 2.05) is 37.1 Å². The molecule has 2 aliphatic rings. The number of aryl methyl sites for hydroxylation is 1. The van der Waals surface area contributed by atoms with Crippen molar-refractivity contribution in [1.82, 2.24) is 20.4 Å². The topological polar surface area (TPSA) is 58.1 Å². The van der Waals surface area contributed by atoms with Crippen LogP contribution in [0.1, 0.15) is 71.5 Å². The minimum Gasteiger partial charge on any atom is -0.334 e. The quantitative estimate of drug-likeness (QED) is 0.721. The van der Waals surface area contributed by atoms with Gasteiger partial charge in [0.25, 0.3) is 0 Å². The Balaban J connectivity index is 1.32. The van der Waals surface area contributed by atoms with Gasteiger partial charge in [0.2, 0.25) is 0 Å². The van der Waals surface area contributed by atoms with Crippen molar-refractivity contribution in [2.75, 3.05) is 7.05 Å². The van der Waals surface area contributed by atoms with E-state index < -0.39 is 0 Å². The Kier molecular flexibility index (Phi) is 5.88. The number of carbonyl (C=O) groups is 1. The number of rotatable bonds is 5. The lowest BCUT2D eigenvalue weighted by molar-refractivity contribution is 0.168. The number of hydrogen-bond acceptors (Lipinski definition) is 4. The molecule has 2 fully saturated rings. The van der Waals surface area contributed by atoms with Gasteiger partial charge >= 0.3 is 6.03 Å². The molecule has 2 aromatic rings. The Morgan fingerprint density at radius 3 is 2.68 bits per heavy atom. The first-order valence-electron chi connectivity index (χ1n) is 10.1. The van der Waals surface area contributed by atoms with E-state index in [1.165, 1.54) is 17.8 Å². The first-order chi connectivity index (χ1) is 13.5. The summed E-state index contributed by atoms with van der Waals surface area (Å²) in [7, 11) is 1.91. The van der Waals surface area contributed by atoms with Crippen molar-refractivity contribution in [3.05, 3.63) is 44.4 Å². The van der Waals surface area contributed by atoms with E-state index in [2.05, 4.69) is 15.5 Å². The van der Waals surface area contributed by atoms with Gasteiger partial charge in [-0.1, -0.05) is 30.2 Å². The van der Waals surface area contributed by atoms with Crippen molar-refractivity contribution < 1.29 is 4.79 Å². The summed E-state index contributed by atoms with van der Waals surface area (Å²) >= 11 is 7.87. The summed E-state index contributed by atoms with van der Waals surface area (Å²) in [5.41, 5.74) is 2.09. The van der Waals surface area contributed by atoms with Gasteiger partial charge < -0.3 is 10.2 Å². The minimum atomic E-state index is -0.0193. The highest BCUT2D eigenvalue weighted by atomic mass is 35.5. The number of urea groups is 1. The van der Waals surface area contributed by atoms with E-state index in [1.54, 1.807) is 11.3 Å². The summed E-state index contributed by atoms with van der Waals surface area (Å²) in [5, 5.41) is 15.0. The number of aromatic nitrogens is 2. The lowest BCUT2D eigenvalue weighted by atomic mass is 9.85. The normalized spacial score (nSPS) is 22.1. The van der Waals surface area contributed by atoms with Gasteiger partial charge in [0.15, 0.2) is 0 Å². The molecule has 0 spiro atoms. The predicted molar refractivity (Wildman–Crippen MR) is 113 cm³/mol. The molecule has 1 aromatic carbocycles. The number of nitrogens with zero attached hydrogens (tertiary/aromatic N) is 3. The van der Waals surface area contributed by atoms with Gasteiger partial charge in [0.05, 0.1) is 0 Å². The molecule has 0 bridgehead atoms. The highest BCUT2D eigenvalue weighted by Gasteiger charge is 2.32. The summed E-state index contributed by atoms with van der Waals surface area (Å²) in [6, 6.07) is 6.09. The molecule has 150 valence electrons. The zero-order chi connectivity index (χ0) is 19.7. The molecular weight excluding hydrogens is 392 g/mol. The maximum absolute atomic E-state index is 12.7. The van der Waals surface area contributed by atoms with Crippen molar-refractivity contribution in [3.8, 4) is 0 Å². The summed E-state index contributed by atoms with van der Waals surface area (Å²) in [4.78, 5) is 14.5. The average Bonchev–Trinajstić information content (AvgIpc) is 3.44. The summed E-state index contributed by atoms with van der Waals surface area (Å²) in [6.45, 7) is 2.49. The van der Waals surface area contributed by atoms with Crippen LogP contribution in [0.5, 0.6) is 0 Å². The van der Waals surface area contributed by atoms with Gasteiger partial charge in [-0.2, -0.15) is 0 Å². The van der Waals surface area contributed by atoms with Crippen LogP contribution in [0.15, 0.2) is 18.2 Å². The molecule has 2 atom stereocenters. The minimum absolute atomic E-state index is 0.0193. The Hall–Kier alpha value is -1.66. The van der Waals surface area contributed by atoms with E-state index in [0.29, 0.717) is 18.4 Å². The highest BCUT2D eigenvalue weighted by molar-refractivity contribution is 7.11. The van der Waals surface area contributed by atoms with Crippen molar-refractivity contribution in [3.63, 3.8) is 0 Å². The molecule has 2 aliphatic carbocycles. The number of amides is 2. The van der Waals surface area contributed by atoms with E-state index >= 15 is 0 Å². The van der Waals surface area contributed by atoms with Crippen LogP contribution < -0.4 is 5.32 Å². The maximum Gasteiger partial charge on any atom is 0.317 e. The standard InChI is InChI=1S/C21H27ClN4OS/c1-13-10-14(6-9-18(13)22)12-23-21(27)26(2)17-5-3-4-16(11-17)20-25-24-19(28-20)15-7-8-15/h6,9-10,15-17H,3-5,7-8,11-12H2,1-2H3,(H,23,27)/t16?,17-/m1/s1. The second kappa shape index (κ2) is 8.37. The van der Waals surface area contributed by atoms with Crippen LogP contribution in [0, 0.1) is 6.92 Å². The maximum atomic E-state index is 12.7. The van der Waals surface area contributed by atoms with Crippen LogP contribution in [-0.2, 0) is 6.54 Å². The fourth-order valence-corrected chi connectivity index (χ4v) is 5.21. The fraction of sp³-hybridized carbons (Fsp3) is 0.571. The Morgan fingerprint density at radius 1 is 1.21 bits per heavy atom.